The fraction of sp³-hybridized carbons (Fsp3) is 0.533. The second-order valence-corrected chi connectivity index (χ2v) is 5.14. The summed E-state index contributed by atoms with van der Waals surface area (Å²) in [5, 5.41) is 12.0. The Bertz CT molecular complexity index is 404. The van der Waals surface area contributed by atoms with Gasteiger partial charge in [0.1, 0.15) is 5.75 Å². The van der Waals surface area contributed by atoms with Crippen molar-refractivity contribution in [2.75, 3.05) is 13.2 Å². The Morgan fingerprint density at radius 3 is 2.63 bits per heavy atom. The smallest absolute Gasteiger partial charge is 0.341 e. The number of para-hydroxylation sites is 1. The minimum atomic E-state index is -0.962. The van der Waals surface area contributed by atoms with Gasteiger partial charge < -0.3 is 15.2 Å². The van der Waals surface area contributed by atoms with E-state index in [2.05, 4.69) is 26.1 Å². The van der Waals surface area contributed by atoms with E-state index in [-0.39, 0.29) is 6.61 Å². The van der Waals surface area contributed by atoms with Gasteiger partial charge in [0.25, 0.3) is 0 Å². The number of aliphatic carboxylic acids is 1. The van der Waals surface area contributed by atoms with Gasteiger partial charge in [-0.1, -0.05) is 39.0 Å². The van der Waals surface area contributed by atoms with Crippen LogP contribution in [0.4, 0.5) is 0 Å². The Kier molecular flexibility index (Phi) is 6.36. The van der Waals surface area contributed by atoms with Crippen LogP contribution in [0, 0.1) is 11.8 Å². The van der Waals surface area contributed by atoms with Gasteiger partial charge in [0.05, 0.1) is 0 Å². The highest BCUT2D eigenvalue weighted by Crippen LogP contribution is 2.18. The molecule has 0 bridgehead atoms. The third kappa shape index (κ3) is 5.75. The number of nitrogens with one attached hydrogen (secondary N) is 1. The van der Waals surface area contributed by atoms with Crippen LogP contribution in [0.2, 0.25) is 0 Å². The molecular formula is C15H23NO3. The van der Waals surface area contributed by atoms with Crippen molar-refractivity contribution >= 4 is 5.97 Å². The van der Waals surface area contributed by atoms with E-state index in [1.165, 1.54) is 0 Å². The van der Waals surface area contributed by atoms with Gasteiger partial charge in [-0.15, -0.1) is 0 Å². The van der Waals surface area contributed by atoms with Crippen LogP contribution in [0.5, 0.6) is 5.75 Å². The SMILES string of the molecule is CC(C)[C@H](C)CNCc1ccccc1OCC(=O)O. The molecule has 0 spiro atoms. The maximum atomic E-state index is 10.5. The van der Waals surface area contributed by atoms with E-state index in [0.29, 0.717) is 24.1 Å². The average molecular weight is 265 g/mol. The van der Waals surface area contributed by atoms with Gasteiger partial charge in [0, 0.05) is 12.1 Å². The van der Waals surface area contributed by atoms with Crippen molar-refractivity contribution in [1.29, 1.82) is 0 Å². The van der Waals surface area contributed by atoms with E-state index in [0.717, 1.165) is 12.1 Å². The molecule has 1 atom stereocenters. The fourth-order valence-electron chi connectivity index (χ4n) is 1.60. The first-order valence-corrected chi connectivity index (χ1v) is 6.64. The lowest BCUT2D eigenvalue weighted by molar-refractivity contribution is -0.139. The number of rotatable bonds is 8. The summed E-state index contributed by atoms with van der Waals surface area (Å²) in [6, 6.07) is 7.52. The number of carboxylic acids is 1. The van der Waals surface area contributed by atoms with Gasteiger partial charge in [-0.3, -0.25) is 0 Å². The van der Waals surface area contributed by atoms with Crippen LogP contribution in [0.15, 0.2) is 24.3 Å². The normalized spacial score (nSPS) is 12.4. The minimum absolute atomic E-state index is 0.306. The number of carboxylic acid groups (broad SMARTS) is 1. The molecule has 0 aliphatic heterocycles. The third-order valence-corrected chi connectivity index (χ3v) is 3.24. The zero-order valence-corrected chi connectivity index (χ0v) is 11.8. The first kappa shape index (κ1) is 15.5. The molecule has 0 saturated heterocycles. The Morgan fingerprint density at radius 1 is 1.32 bits per heavy atom. The molecule has 1 aromatic rings. The Labute approximate surface area is 114 Å². The van der Waals surface area contributed by atoms with Gasteiger partial charge in [-0.2, -0.15) is 0 Å². The molecule has 19 heavy (non-hydrogen) atoms. The Balaban J connectivity index is 2.50. The van der Waals surface area contributed by atoms with Crippen LogP contribution >= 0.6 is 0 Å². The van der Waals surface area contributed by atoms with Crippen molar-refractivity contribution in [3.8, 4) is 5.75 Å². The van der Waals surface area contributed by atoms with E-state index in [1.54, 1.807) is 6.07 Å². The number of ether oxygens (including phenoxy) is 1. The van der Waals surface area contributed by atoms with Crippen LogP contribution in [-0.4, -0.2) is 24.2 Å². The monoisotopic (exact) mass is 265 g/mol. The van der Waals surface area contributed by atoms with Gasteiger partial charge in [0.2, 0.25) is 0 Å². The summed E-state index contributed by atoms with van der Waals surface area (Å²) in [5.74, 6) is 0.920. The molecule has 1 aromatic carbocycles. The number of hydrogen-bond acceptors (Lipinski definition) is 3. The lowest BCUT2D eigenvalue weighted by Gasteiger charge is -2.17. The summed E-state index contributed by atoms with van der Waals surface area (Å²) in [6.07, 6.45) is 0. The highest BCUT2D eigenvalue weighted by Gasteiger charge is 2.08. The molecule has 0 aromatic heterocycles. The molecular weight excluding hydrogens is 242 g/mol. The van der Waals surface area contributed by atoms with Crippen molar-refractivity contribution in [3.63, 3.8) is 0 Å². The molecule has 0 aliphatic rings. The lowest BCUT2D eigenvalue weighted by atomic mass is 9.98. The quantitative estimate of drug-likeness (QED) is 0.758. The second kappa shape index (κ2) is 7.79. The van der Waals surface area contributed by atoms with Crippen molar-refractivity contribution in [3.05, 3.63) is 29.8 Å². The Morgan fingerprint density at radius 2 is 2.00 bits per heavy atom. The maximum absolute atomic E-state index is 10.5. The van der Waals surface area contributed by atoms with Crippen LogP contribution in [0.1, 0.15) is 26.3 Å². The van der Waals surface area contributed by atoms with Crippen molar-refractivity contribution in [2.24, 2.45) is 11.8 Å². The van der Waals surface area contributed by atoms with Crippen LogP contribution < -0.4 is 10.1 Å². The molecule has 0 heterocycles. The van der Waals surface area contributed by atoms with Crippen LogP contribution in [0.25, 0.3) is 0 Å². The zero-order chi connectivity index (χ0) is 14.3. The largest absolute Gasteiger partial charge is 0.482 e. The first-order chi connectivity index (χ1) is 9.00. The van der Waals surface area contributed by atoms with Gasteiger partial charge in [-0.25, -0.2) is 4.79 Å². The molecule has 1 rings (SSSR count). The fourth-order valence-corrected chi connectivity index (χ4v) is 1.60. The molecule has 0 aliphatic carbocycles. The topological polar surface area (TPSA) is 58.6 Å². The van der Waals surface area contributed by atoms with Crippen molar-refractivity contribution in [2.45, 2.75) is 27.3 Å². The summed E-state index contributed by atoms with van der Waals surface area (Å²) >= 11 is 0. The summed E-state index contributed by atoms with van der Waals surface area (Å²) in [4.78, 5) is 10.5. The molecule has 0 radical (unpaired) electrons. The van der Waals surface area contributed by atoms with Crippen LogP contribution in [-0.2, 0) is 11.3 Å². The van der Waals surface area contributed by atoms with E-state index in [4.69, 9.17) is 9.84 Å². The maximum Gasteiger partial charge on any atom is 0.341 e. The van der Waals surface area contributed by atoms with E-state index >= 15 is 0 Å². The molecule has 106 valence electrons. The molecule has 0 amide bonds. The highest BCUT2D eigenvalue weighted by atomic mass is 16.5. The minimum Gasteiger partial charge on any atom is -0.482 e. The summed E-state index contributed by atoms with van der Waals surface area (Å²) in [6.45, 7) is 7.94. The predicted octanol–water partition coefficient (Wildman–Crippen LogP) is 2.53. The summed E-state index contributed by atoms with van der Waals surface area (Å²) < 4.78 is 5.26. The van der Waals surface area contributed by atoms with Crippen molar-refractivity contribution in [1.82, 2.24) is 5.32 Å². The average Bonchev–Trinajstić information content (AvgIpc) is 2.37. The zero-order valence-electron chi connectivity index (χ0n) is 11.8. The second-order valence-electron chi connectivity index (χ2n) is 5.14. The van der Waals surface area contributed by atoms with Crippen molar-refractivity contribution < 1.29 is 14.6 Å². The van der Waals surface area contributed by atoms with Crippen LogP contribution in [0.3, 0.4) is 0 Å². The van der Waals surface area contributed by atoms with E-state index in [1.807, 2.05) is 18.2 Å². The first-order valence-electron chi connectivity index (χ1n) is 6.64. The van der Waals surface area contributed by atoms with Gasteiger partial charge in [-0.05, 0) is 24.4 Å². The van der Waals surface area contributed by atoms with Gasteiger partial charge in [0.15, 0.2) is 6.61 Å². The van der Waals surface area contributed by atoms with E-state index in [9.17, 15) is 4.79 Å². The predicted molar refractivity (Wildman–Crippen MR) is 75.3 cm³/mol. The third-order valence-electron chi connectivity index (χ3n) is 3.24. The highest BCUT2D eigenvalue weighted by molar-refractivity contribution is 5.68. The Hall–Kier alpha value is -1.55. The summed E-state index contributed by atoms with van der Waals surface area (Å²) in [5.41, 5.74) is 0.986. The molecule has 4 nitrogen and oxygen atoms in total. The molecule has 4 heteroatoms. The van der Waals surface area contributed by atoms with E-state index < -0.39 is 5.97 Å². The van der Waals surface area contributed by atoms with Gasteiger partial charge >= 0.3 is 5.97 Å². The number of hydrogen-bond donors (Lipinski definition) is 2. The molecule has 0 saturated carbocycles. The standard InChI is InChI=1S/C15H23NO3/c1-11(2)12(3)8-16-9-13-6-4-5-7-14(13)19-10-15(17)18/h4-7,11-12,16H,8-10H2,1-3H3,(H,17,18)/t12-/m1/s1. The lowest BCUT2D eigenvalue weighted by Crippen LogP contribution is -2.24. The molecule has 0 unspecified atom stereocenters. The number of benzene rings is 1. The molecule has 0 fully saturated rings. The molecule has 2 N–H and O–H groups in total. The number of carbonyl (C=O) groups is 1. The summed E-state index contributed by atoms with van der Waals surface area (Å²) in [7, 11) is 0.